The fourth-order valence-corrected chi connectivity index (χ4v) is 2.49. The summed E-state index contributed by atoms with van der Waals surface area (Å²) in [7, 11) is 3.05. The molecule has 0 radical (unpaired) electrons. The van der Waals surface area contributed by atoms with Crippen LogP contribution in [0.5, 0.6) is 11.5 Å². The molecule has 128 valence electrons. The summed E-state index contributed by atoms with van der Waals surface area (Å²) in [5.41, 5.74) is 0.727. The van der Waals surface area contributed by atoms with Crippen molar-refractivity contribution in [2.75, 3.05) is 19.5 Å². The van der Waals surface area contributed by atoms with E-state index in [0.717, 1.165) is 5.56 Å². The van der Waals surface area contributed by atoms with Crippen LogP contribution >= 0.6 is 11.6 Å². The second-order valence-electron chi connectivity index (χ2n) is 5.32. The highest BCUT2D eigenvalue weighted by atomic mass is 35.5. The van der Waals surface area contributed by atoms with E-state index in [1.165, 1.54) is 20.3 Å². The summed E-state index contributed by atoms with van der Waals surface area (Å²) in [5, 5.41) is 7.38. The predicted molar refractivity (Wildman–Crippen MR) is 94.8 cm³/mol. The lowest BCUT2D eigenvalue weighted by Crippen LogP contribution is -2.14. The van der Waals surface area contributed by atoms with Gasteiger partial charge in [-0.05, 0) is 37.6 Å². The van der Waals surface area contributed by atoms with Gasteiger partial charge in [-0.25, -0.2) is 4.68 Å². The van der Waals surface area contributed by atoms with Crippen molar-refractivity contribution in [1.82, 2.24) is 9.78 Å². The minimum Gasteiger partial charge on any atom is -0.493 e. The average Bonchev–Trinajstić information content (AvgIpc) is 3.00. The molecule has 0 bridgehead atoms. The van der Waals surface area contributed by atoms with Gasteiger partial charge in [0.05, 0.1) is 25.4 Å². The van der Waals surface area contributed by atoms with Gasteiger partial charge in [-0.15, -0.1) is 0 Å². The van der Waals surface area contributed by atoms with E-state index in [1.807, 2.05) is 13.8 Å². The van der Waals surface area contributed by atoms with E-state index in [2.05, 4.69) is 10.4 Å². The summed E-state index contributed by atoms with van der Waals surface area (Å²) in [5.74, 6) is 1.35. The molecule has 0 fully saturated rings. The Bertz CT molecular complexity index is 754. The smallest absolute Gasteiger partial charge is 0.249 e. The molecule has 0 aliphatic heterocycles. The van der Waals surface area contributed by atoms with Crippen molar-refractivity contribution in [3.63, 3.8) is 0 Å². The highest BCUT2D eigenvalue weighted by Gasteiger charge is 2.10. The lowest BCUT2D eigenvalue weighted by molar-refractivity contribution is -0.111. The Morgan fingerprint density at radius 2 is 2.08 bits per heavy atom. The number of ether oxygens (including phenoxy) is 2. The van der Waals surface area contributed by atoms with E-state index >= 15 is 0 Å². The number of aromatic nitrogens is 2. The van der Waals surface area contributed by atoms with Gasteiger partial charge >= 0.3 is 0 Å². The third-order valence-corrected chi connectivity index (χ3v) is 3.57. The van der Waals surface area contributed by atoms with Gasteiger partial charge in [0, 0.05) is 18.2 Å². The van der Waals surface area contributed by atoms with Crippen LogP contribution in [-0.4, -0.2) is 29.9 Å². The SMILES string of the molecule is COc1cc(C=CC(=O)Nc2ccnn2C(C)C)cc(Cl)c1OC. The number of benzene rings is 1. The first-order chi connectivity index (χ1) is 11.5. The number of nitrogens with one attached hydrogen (secondary N) is 1. The fourth-order valence-electron chi connectivity index (χ4n) is 2.20. The molecule has 1 amide bonds. The number of carbonyl (C=O) groups is 1. The lowest BCUT2D eigenvalue weighted by atomic mass is 10.2. The molecule has 0 unspecified atom stereocenters. The Morgan fingerprint density at radius 1 is 1.33 bits per heavy atom. The quantitative estimate of drug-likeness (QED) is 0.806. The first-order valence-electron chi connectivity index (χ1n) is 7.40. The largest absolute Gasteiger partial charge is 0.493 e. The van der Waals surface area contributed by atoms with Gasteiger partial charge in [0.1, 0.15) is 5.82 Å². The van der Waals surface area contributed by atoms with Crippen molar-refractivity contribution in [3.05, 3.63) is 41.1 Å². The van der Waals surface area contributed by atoms with Crippen LogP contribution in [0.4, 0.5) is 5.82 Å². The normalized spacial score (nSPS) is 11.1. The second-order valence-corrected chi connectivity index (χ2v) is 5.72. The number of methoxy groups -OCH3 is 2. The van der Waals surface area contributed by atoms with Crippen LogP contribution in [0.2, 0.25) is 5.02 Å². The van der Waals surface area contributed by atoms with Gasteiger partial charge in [0.25, 0.3) is 0 Å². The fraction of sp³-hybridized carbons (Fsp3) is 0.294. The monoisotopic (exact) mass is 349 g/mol. The first-order valence-corrected chi connectivity index (χ1v) is 7.78. The number of amides is 1. The van der Waals surface area contributed by atoms with Crippen LogP contribution in [0.1, 0.15) is 25.5 Å². The topological polar surface area (TPSA) is 65.4 Å². The lowest BCUT2D eigenvalue weighted by Gasteiger charge is -2.11. The van der Waals surface area contributed by atoms with E-state index in [1.54, 1.807) is 35.2 Å². The summed E-state index contributed by atoms with van der Waals surface area (Å²) in [6, 6.07) is 5.35. The Morgan fingerprint density at radius 3 is 2.71 bits per heavy atom. The summed E-state index contributed by atoms with van der Waals surface area (Å²) < 4.78 is 12.2. The highest BCUT2D eigenvalue weighted by Crippen LogP contribution is 2.36. The Balaban J connectivity index is 2.14. The predicted octanol–water partition coefficient (Wildman–Crippen LogP) is 3.79. The zero-order valence-corrected chi connectivity index (χ0v) is 14.8. The van der Waals surface area contributed by atoms with Gasteiger partial charge < -0.3 is 14.8 Å². The highest BCUT2D eigenvalue weighted by molar-refractivity contribution is 6.32. The maximum Gasteiger partial charge on any atom is 0.249 e. The number of hydrogen-bond acceptors (Lipinski definition) is 4. The molecular formula is C17H20ClN3O3. The molecule has 2 aromatic rings. The molecule has 6 nitrogen and oxygen atoms in total. The molecule has 0 atom stereocenters. The molecule has 1 aromatic heterocycles. The van der Waals surface area contributed by atoms with Crippen LogP contribution in [0.3, 0.4) is 0 Å². The van der Waals surface area contributed by atoms with Crippen molar-refractivity contribution in [1.29, 1.82) is 0 Å². The molecule has 0 spiro atoms. The molecular weight excluding hydrogens is 330 g/mol. The van der Waals surface area contributed by atoms with Crippen LogP contribution in [0.25, 0.3) is 6.08 Å². The van der Waals surface area contributed by atoms with Crippen molar-refractivity contribution in [2.24, 2.45) is 0 Å². The Labute approximate surface area is 146 Å². The molecule has 0 saturated carbocycles. The van der Waals surface area contributed by atoms with E-state index in [-0.39, 0.29) is 11.9 Å². The van der Waals surface area contributed by atoms with Crippen molar-refractivity contribution >= 4 is 29.4 Å². The number of carbonyl (C=O) groups excluding carboxylic acids is 1. The standard InChI is InChI=1S/C17H20ClN3O3/c1-11(2)21-15(7-8-19-21)20-16(22)6-5-12-9-13(18)17(24-4)14(10-12)23-3/h5-11H,1-4H3,(H,20,22). The van der Waals surface area contributed by atoms with Crippen LogP contribution in [0.15, 0.2) is 30.5 Å². The van der Waals surface area contributed by atoms with Gasteiger partial charge in [0.15, 0.2) is 11.5 Å². The van der Waals surface area contributed by atoms with Crippen molar-refractivity contribution in [3.8, 4) is 11.5 Å². The van der Waals surface area contributed by atoms with Gasteiger partial charge in [0.2, 0.25) is 5.91 Å². The third-order valence-electron chi connectivity index (χ3n) is 3.29. The van der Waals surface area contributed by atoms with E-state index < -0.39 is 0 Å². The molecule has 1 aromatic carbocycles. The first kappa shape index (κ1) is 17.9. The number of nitrogens with zero attached hydrogens (tertiary/aromatic N) is 2. The van der Waals surface area contributed by atoms with E-state index in [0.29, 0.717) is 22.3 Å². The maximum absolute atomic E-state index is 12.1. The third kappa shape index (κ3) is 4.08. The van der Waals surface area contributed by atoms with Gasteiger partial charge in [-0.2, -0.15) is 5.10 Å². The molecule has 0 saturated heterocycles. The molecule has 7 heteroatoms. The molecule has 1 N–H and O–H groups in total. The molecule has 1 heterocycles. The van der Waals surface area contributed by atoms with Gasteiger partial charge in [-0.1, -0.05) is 11.6 Å². The van der Waals surface area contributed by atoms with Crippen molar-refractivity contribution < 1.29 is 14.3 Å². The van der Waals surface area contributed by atoms with Gasteiger partial charge in [-0.3, -0.25) is 4.79 Å². The van der Waals surface area contributed by atoms with Crippen LogP contribution in [0, 0.1) is 0 Å². The van der Waals surface area contributed by atoms with E-state index in [4.69, 9.17) is 21.1 Å². The number of anilines is 1. The minimum atomic E-state index is -0.261. The number of hydrogen-bond donors (Lipinski definition) is 1. The number of rotatable bonds is 6. The van der Waals surface area contributed by atoms with Crippen LogP contribution in [-0.2, 0) is 4.79 Å². The Kier molecular flexibility index (Phi) is 5.87. The van der Waals surface area contributed by atoms with Crippen LogP contribution < -0.4 is 14.8 Å². The summed E-state index contributed by atoms with van der Waals surface area (Å²) in [6.07, 6.45) is 4.72. The Hall–Kier alpha value is -2.47. The molecule has 24 heavy (non-hydrogen) atoms. The summed E-state index contributed by atoms with van der Waals surface area (Å²) in [4.78, 5) is 12.1. The summed E-state index contributed by atoms with van der Waals surface area (Å²) in [6.45, 7) is 3.98. The zero-order chi connectivity index (χ0) is 17.7. The second kappa shape index (κ2) is 7.88. The van der Waals surface area contributed by atoms with E-state index in [9.17, 15) is 4.79 Å². The molecule has 0 aliphatic carbocycles. The number of halogens is 1. The average molecular weight is 350 g/mol. The molecule has 2 rings (SSSR count). The van der Waals surface area contributed by atoms with Crippen molar-refractivity contribution in [2.45, 2.75) is 19.9 Å². The maximum atomic E-state index is 12.1. The minimum absolute atomic E-state index is 0.156. The molecule has 0 aliphatic rings. The zero-order valence-electron chi connectivity index (χ0n) is 14.0. The summed E-state index contributed by atoms with van der Waals surface area (Å²) >= 11 is 6.15.